The van der Waals surface area contributed by atoms with Crippen molar-refractivity contribution < 1.29 is 9.66 Å². The zero-order chi connectivity index (χ0) is 24.1. The first-order valence-electron chi connectivity index (χ1n) is 10.3. The summed E-state index contributed by atoms with van der Waals surface area (Å²) in [5.74, 6) is 1.33. The van der Waals surface area contributed by atoms with E-state index in [9.17, 15) is 10.1 Å². The van der Waals surface area contributed by atoms with E-state index in [0.29, 0.717) is 26.8 Å². The van der Waals surface area contributed by atoms with Gasteiger partial charge in [0, 0.05) is 26.2 Å². The molecule has 174 valence electrons. The topological polar surface area (TPSA) is 83.1 Å². The first kappa shape index (κ1) is 24.1. The Balaban J connectivity index is 1.52. The molecular weight excluding hydrogens is 495 g/mol. The second-order valence-corrected chi connectivity index (χ2v) is 9.43. The predicted molar refractivity (Wildman–Crippen MR) is 134 cm³/mol. The lowest BCUT2D eigenvalue weighted by Crippen LogP contribution is -2.11. The summed E-state index contributed by atoms with van der Waals surface area (Å²) < 4.78 is 7.73. The Morgan fingerprint density at radius 3 is 2.47 bits per heavy atom. The molecule has 7 nitrogen and oxygen atoms in total. The highest BCUT2D eigenvalue weighted by atomic mass is 35.5. The lowest BCUT2D eigenvalue weighted by atomic mass is 10.1. The van der Waals surface area contributed by atoms with Gasteiger partial charge in [0.25, 0.3) is 0 Å². The summed E-state index contributed by atoms with van der Waals surface area (Å²) in [4.78, 5) is 11.1. The number of hydrogen-bond acceptors (Lipinski definition) is 6. The molecule has 4 aromatic rings. The molecule has 1 heterocycles. The van der Waals surface area contributed by atoms with Crippen LogP contribution in [0.4, 0.5) is 0 Å². The van der Waals surface area contributed by atoms with Crippen LogP contribution in [0.25, 0.3) is 5.69 Å². The van der Waals surface area contributed by atoms with Gasteiger partial charge >= 0.3 is 0 Å². The number of thioether (sulfide) groups is 1. The number of aromatic nitrogens is 3. The molecule has 0 aliphatic rings. The Kier molecular flexibility index (Phi) is 7.72. The van der Waals surface area contributed by atoms with Crippen LogP contribution >= 0.6 is 35.0 Å². The Morgan fingerprint density at radius 2 is 1.79 bits per heavy atom. The van der Waals surface area contributed by atoms with Crippen molar-refractivity contribution in [1.29, 1.82) is 0 Å². The Hall–Kier alpha value is -3.07. The molecule has 1 atom stereocenters. The number of nitrogens with zero attached hydrogens (tertiary/aromatic N) is 4. The normalized spacial score (nSPS) is 11.9. The third-order valence-electron chi connectivity index (χ3n) is 5.03. The zero-order valence-corrected chi connectivity index (χ0v) is 20.4. The minimum absolute atomic E-state index is 0.258. The maximum atomic E-state index is 11.4. The lowest BCUT2D eigenvalue weighted by Gasteiger charge is -2.15. The molecule has 0 spiro atoms. The summed E-state index contributed by atoms with van der Waals surface area (Å²) in [6.07, 6.45) is 0. The van der Waals surface area contributed by atoms with Crippen LogP contribution in [0.3, 0.4) is 0 Å². The number of aryl methyl sites for hydroxylation is 1. The van der Waals surface area contributed by atoms with Gasteiger partial charge in [-0.3, -0.25) is 14.7 Å². The zero-order valence-electron chi connectivity index (χ0n) is 18.1. The van der Waals surface area contributed by atoms with Crippen molar-refractivity contribution >= 4 is 35.0 Å². The minimum atomic E-state index is -0.458. The van der Waals surface area contributed by atoms with Gasteiger partial charge in [0.15, 0.2) is 5.16 Å². The summed E-state index contributed by atoms with van der Waals surface area (Å²) in [5, 5.41) is 21.1. The molecule has 0 aliphatic carbocycles. The van der Waals surface area contributed by atoms with Crippen LogP contribution in [0.5, 0.6) is 5.75 Å². The fraction of sp³-hybridized carbons (Fsp3) is 0.167. The van der Waals surface area contributed by atoms with Crippen LogP contribution in [0.2, 0.25) is 10.0 Å². The molecule has 4 rings (SSSR count). The molecule has 0 radical (unpaired) electrons. The molecule has 0 fully saturated rings. The number of hydrogen-bond donors (Lipinski definition) is 0. The molecular formula is C24H20Cl2N4O3S. The van der Waals surface area contributed by atoms with Crippen molar-refractivity contribution in [2.45, 2.75) is 23.9 Å². The van der Waals surface area contributed by atoms with Crippen molar-refractivity contribution in [3.8, 4) is 11.4 Å². The molecule has 34 heavy (non-hydrogen) atoms. The van der Waals surface area contributed by atoms with E-state index in [4.69, 9.17) is 27.9 Å². The molecule has 10 heteroatoms. The molecule has 0 bridgehead atoms. The van der Waals surface area contributed by atoms with Crippen LogP contribution in [0.1, 0.15) is 22.2 Å². The average Bonchev–Trinajstić information content (AvgIpc) is 3.18. The Labute approximate surface area is 210 Å². The second kappa shape index (κ2) is 10.9. The van der Waals surface area contributed by atoms with Gasteiger partial charge in [-0.1, -0.05) is 71.4 Å². The van der Waals surface area contributed by atoms with Gasteiger partial charge in [-0.2, -0.15) is 0 Å². The van der Waals surface area contributed by atoms with E-state index in [-0.39, 0.29) is 18.1 Å². The second-order valence-electron chi connectivity index (χ2n) is 7.42. The van der Waals surface area contributed by atoms with Crippen LogP contribution < -0.4 is 4.74 Å². The van der Waals surface area contributed by atoms with Crippen molar-refractivity contribution in [3.63, 3.8) is 0 Å². The van der Waals surface area contributed by atoms with Crippen molar-refractivity contribution in [2.75, 3.05) is 6.54 Å². The Morgan fingerprint density at radius 1 is 1.06 bits per heavy atom. The van der Waals surface area contributed by atoms with E-state index in [2.05, 4.69) is 10.2 Å². The number of benzene rings is 3. The summed E-state index contributed by atoms with van der Waals surface area (Å²) >= 11 is 13.4. The third-order valence-corrected chi connectivity index (χ3v) is 6.80. The SMILES string of the molecule is Cc1nnc(S[C@H](C[N+](=O)[O-])c2ccc(OCc3ccc(Cl)cc3Cl)cc2)n1-c1ccccc1. The van der Waals surface area contributed by atoms with Gasteiger partial charge in [0.1, 0.15) is 23.4 Å². The maximum absolute atomic E-state index is 11.4. The summed E-state index contributed by atoms with van der Waals surface area (Å²) in [6.45, 7) is 1.87. The van der Waals surface area contributed by atoms with E-state index >= 15 is 0 Å². The highest BCUT2D eigenvalue weighted by molar-refractivity contribution is 7.99. The number of rotatable bonds is 9. The number of nitro groups is 1. The molecule has 0 amide bonds. The molecule has 0 saturated carbocycles. The van der Waals surface area contributed by atoms with E-state index < -0.39 is 5.25 Å². The van der Waals surface area contributed by atoms with Crippen LogP contribution in [0.15, 0.2) is 78.0 Å². The van der Waals surface area contributed by atoms with Crippen LogP contribution in [-0.4, -0.2) is 26.2 Å². The van der Waals surface area contributed by atoms with Gasteiger partial charge in [0.2, 0.25) is 6.54 Å². The van der Waals surface area contributed by atoms with E-state index in [1.165, 1.54) is 11.8 Å². The molecule has 0 unspecified atom stereocenters. The smallest absolute Gasteiger partial charge is 0.220 e. The first-order valence-corrected chi connectivity index (χ1v) is 12.0. The summed E-state index contributed by atoms with van der Waals surface area (Å²) in [6, 6.07) is 22.1. The van der Waals surface area contributed by atoms with Gasteiger partial charge in [-0.15, -0.1) is 10.2 Å². The van der Waals surface area contributed by atoms with Gasteiger partial charge < -0.3 is 4.74 Å². The number of ether oxygens (including phenoxy) is 1. The standard InChI is InChI=1S/C24H20Cl2N4O3S/c1-16-27-28-24(30(16)20-5-3-2-4-6-20)34-23(14-29(31)32)17-8-11-21(12-9-17)33-15-18-7-10-19(25)13-22(18)26/h2-13,23H,14-15H2,1H3/t23-/m1/s1. The first-order chi connectivity index (χ1) is 16.4. The molecule has 0 N–H and O–H groups in total. The number of halogens is 2. The van der Waals surface area contributed by atoms with E-state index in [0.717, 1.165) is 16.8 Å². The predicted octanol–water partition coefficient (Wildman–Crippen LogP) is 6.57. The van der Waals surface area contributed by atoms with Crippen molar-refractivity contribution in [1.82, 2.24) is 14.8 Å². The Bertz CT molecular complexity index is 1280. The molecule has 1 aromatic heterocycles. The number of para-hydroxylation sites is 1. The van der Waals surface area contributed by atoms with Gasteiger partial charge in [-0.25, -0.2) is 0 Å². The molecule has 0 aliphatic heterocycles. The maximum Gasteiger partial charge on any atom is 0.220 e. The fourth-order valence-electron chi connectivity index (χ4n) is 3.35. The largest absolute Gasteiger partial charge is 0.489 e. The van der Waals surface area contributed by atoms with E-state index in [1.54, 1.807) is 24.3 Å². The molecule has 0 saturated heterocycles. The monoisotopic (exact) mass is 514 g/mol. The molecule has 3 aromatic carbocycles. The summed E-state index contributed by atoms with van der Waals surface area (Å²) in [5.41, 5.74) is 2.50. The van der Waals surface area contributed by atoms with Gasteiger partial charge in [0.05, 0.1) is 0 Å². The van der Waals surface area contributed by atoms with Crippen LogP contribution in [-0.2, 0) is 6.61 Å². The van der Waals surface area contributed by atoms with Crippen molar-refractivity contribution in [3.05, 3.63) is 110 Å². The van der Waals surface area contributed by atoms with Crippen LogP contribution in [0, 0.1) is 17.0 Å². The summed E-state index contributed by atoms with van der Waals surface area (Å²) in [7, 11) is 0. The third kappa shape index (κ3) is 5.88. The van der Waals surface area contributed by atoms with Crippen molar-refractivity contribution in [2.24, 2.45) is 0 Å². The average molecular weight is 515 g/mol. The fourth-order valence-corrected chi connectivity index (χ4v) is 4.98. The van der Waals surface area contributed by atoms with Gasteiger partial charge in [-0.05, 0) is 48.9 Å². The minimum Gasteiger partial charge on any atom is -0.489 e. The quantitative estimate of drug-likeness (QED) is 0.142. The lowest BCUT2D eigenvalue weighted by molar-refractivity contribution is -0.479. The highest BCUT2D eigenvalue weighted by Gasteiger charge is 2.23. The highest BCUT2D eigenvalue weighted by Crippen LogP contribution is 2.36. The van der Waals surface area contributed by atoms with E-state index in [1.807, 2.05) is 60.0 Å².